The number of amides is 2. The van der Waals surface area contributed by atoms with E-state index in [0.29, 0.717) is 6.67 Å². The first kappa shape index (κ1) is 13.7. The zero-order valence-corrected chi connectivity index (χ0v) is 11.6. The molecular weight excluding hydrogens is 216 g/mol. The Labute approximate surface area is 103 Å². The molecule has 0 bridgehead atoms. The van der Waals surface area contributed by atoms with Crippen LogP contribution in [0.15, 0.2) is 12.4 Å². The van der Waals surface area contributed by atoms with Crippen molar-refractivity contribution in [1.82, 2.24) is 9.80 Å². The van der Waals surface area contributed by atoms with Crippen LogP contribution in [0.2, 0.25) is 0 Å². The van der Waals surface area contributed by atoms with Crippen LogP contribution in [0.25, 0.3) is 0 Å². The number of nitrogens with zero attached hydrogens (tertiary/aromatic N) is 2. The normalized spacial score (nSPS) is 16.6. The van der Waals surface area contributed by atoms with E-state index in [1.54, 1.807) is 22.2 Å². The fraction of sp³-hybridized carbons (Fsp3) is 0.692. The van der Waals surface area contributed by atoms with Gasteiger partial charge in [0.15, 0.2) is 0 Å². The molecule has 1 rings (SSSR count). The van der Waals surface area contributed by atoms with Crippen molar-refractivity contribution in [3.05, 3.63) is 12.4 Å². The van der Waals surface area contributed by atoms with Gasteiger partial charge in [0.1, 0.15) is 6.67 Å². The van der Waals surface area contributed by atoms with Crippen LogP contribution in [0.5, 0.6) is 0 Å². The fourth-order valence-corrected chi connectivity index (χ4v) is 1.54. The molecule has 0 aromatic rings. The number of rotatable bonds is 0. The fourth-order valence-electron chi connectivity index (χ4n) is 1.54. The van der Waals surface area contributed by atoms with Crippen molar-refractivity contribution in [3.8, 4) is 0 Å². The summed E-state index contributed by atoms with van der Waals surface area (Å²) >= 11 is 0. The second-order valence-electron chi connectivity index (χ2n) is 6.49. The van der Waals surface area contributed by atoms with Gasteiger partial charge in [-0.25, -0.2) is 0 Å². The lowest BCUT2D eigenvalue weighted by Gasteiger charge is -2.28. The number of carbonyl (C=O) groups is 2. The van der Waals surface area contributed by atoms with Gasteiger partial charge in [0, 0.05) is 23.2 Å². The second-order valence-corrected chi connectivity index (χ2v) is 6.49. The minimum absolute atomic E-state index is 0.0259. The smallest absolute Gasteiger partial charge is 0.233 e. The van der Waals surface area contributed by atoms with Crippen LogP contribution < -0.4 is 0 Å². The molecule has 0 fully saturated rings. The summed E-state index contributed by atoms with van der Waals surface area (Å²) in [6.45, 7) is 11.6. The van der Waals surface area contributed by atoms with Gasteiger partial charge in [-0.15, -0.1) is 0 Å². The number of hydrogen-bond acceptors (Lipinski definition) is 2. The Bertz CT molecular complexity index is 325. The van der Waals surface area contributed by atoms with E-state index >= 15 is 0 Å². The molecule has 96 valence electrons. The Kier molecular flexibility index (Phi) is 3.37. The molecule has 0 N–H and O–H groups in total. The van der Waals surface area contributed by atoms with Gasteiger partial charge in [0.05, 0.1) is 0 Å². The molecule has 0 saturated heterocycles. The summed E-state index contributed by atoms with van der Waals surface area (Å²) in [6, 6.07) is 0. The summed E-state index contributed by atoms with van der Waals surface area (Å²) in [5.74, 6) is 0.0518. The lowest BCUT2D eigenvalue weighted by molar-refractivity contribution is -0.141. The highest BCUT2D eigenvalue weighted by molar-refractivity contribution is 5.86. The maximum absolute atomic E-state index is 12.0. The molecule has 1 aliphatic heterocycles. The molecule has 0 saturated carbocycles. The summed E-state index contributed by atoms with van der Waals surface area (Å²) < 4.78 is 0. The van der Waals surface area contributed by atoms with Gasteiger partial charge < -0.3 is 0 Å². The minimum Gasteiger partial charge on any atom is -0.298 e. The van der Waals surface area contributed by atoms with E-state index in [2.05, 4.69) is 0 Å². The van der Waals surface area contributed by atoms with Gasteiger partial charge in [-0.1, -0.05) is 41.5 Å². The standard InChI is InChI=1S/C13H22N2O2/c1-12(2,3)10(16)14-7-8-15(9-14)11(17)13(4,5)6/h7-8H,9H2,1-6H3. The number of hydrogen-bond donors (Lipinski definition) is 0. The largest absolute Gasteiger partial charge is 0.298 e. The van der Waals surface area contributed by atoms with E-state index in [9.17, 15) is 9.59 Å². The molecule has 1 heterocycles. The topological polar surface area (TPSA) is 40.6 Å². The third kappa shape index (κ3) is 3.08. The van der Waals surface area contributed by atoms with Gasteiger partial charge in [-0.2, -0.15) is 0 Å². The molecule has 0 aromatic carbocycles. The SMILES string of the molecule is CC(C)(C)C(=O)N1C=CN(C(=O)C(C)(C)C)C1. The monoisotopic (exact) mass is 238 g/mol. The van der Waals surface area contributed by atoms with Gasteiger partial charge in [0.2, 0.25) is 11.8 Å². The van der Waals surface area contributed by atoms with E-state index in [1.807, 2.05) is 41.5 Å². The predicted octanol–water partition coefficient (Wildman–Crippen LogP) is 2.18. The molecule has 0 spiro atoms. The van der Waals surface area contributed by atoms with E-state index in [1.165, 1.54) is 0 Å². The van der Waals surface area contributed by atoms with E-state index in [-0.39, 0.29) is 11.8 Å². The van der Waals surface area contributed by atoms with Gasteiger partial charge >= 0.3 is 0 Å². The molecule has 4 heteroatoms. The maximum Gasteiger partial charge on any atom is 0.233 e. The van der Waals surface area contributed by atoms with Gasteiger partial charge in [-0.3, -0.25) is 19.4 Å². The Balaban J connectivity index is 2.71. The van der Waals surface area contributed by atoms with Crippen LogP contribution in [0.1, 0.15) is 41.5 Å². The highest BCUT2D eigenvalue weighted by Crippen LogP contribution is 2.24. The average molecular weight is 238 g/mol. The lowest BCUT2D eigenvalue weighted by Crippen LogP contribution is -2.42. The van der Waals surface area contributed by atoms with Crippen molar-refractivity contribution < 1.29 is 9.59 Å². The van der Waals surface area contributed by atoms with Crippen LogP contribution >= 0.6 is 0 Å². The summed E-state index contributed by atoms with van der Waals surface area (Å²) in [7, 11) is 0. The summed E-state index contributed by atoms with van der Waals surface area (Å²) in [4.78, 5) is 27.2. The van der Waals surface area contributed by atoms with E-state index in [4.69, 9.17) is 0 Å². The van der Waals surface area contributed by atoms with Crippen LogP contribution in [0.3, 0.4) is 0 Å². The molecule has 17 heavy (non-hydrogen) atoms. The van der Waals surface area contributed by atoms with Crippen molar-refractivity contribution in [2.45, 2.75) is 41.5 Å². The van der Waals surface area contributed by atoms with Crippen molar-refractivity contribution >= 4 is 11.8 Å². The Morgan fingerprint density at radius 3 is 1.35 bits per heavy atom. The van der Waals surface area contributed by atoms with Crippen molar-refractivity contribution in [2.75, 3.05) is 6.67 Å². The van der Waals surface area contributed by atoms with E-state index < -0.39 is 10.8 Å². The van der Waals surface area contributed by atoms with Gasteiger partial charge in [0.25, 0.3) is 0 Å². The Hall–Kier alpha value is -1.32. The second kappa shape index (κ2) is 4.17. The Morgan fingerprint density at radius 2 is 1.12 bits per heavy atom. The molecule has 0 atom stereocenters. The molecule has 0 aromatic heterocycles. The first-order valence-corrected chi connectivity index (χ1v) is 5.84. The van der Waals surface area contributed by atoms with Gasteiger partial charge in [-0.05, 0) is 0 Å². The minimum atomic E-state index is -0.425. The Morgan fingerprint density at radius 1 is 0.824 bits per heavy atom. The molecule has 4 nitrogen and oxygen atoms in total. The molecule has 0 radical (unpaired) electrons. The maximum atomic E-state index is 12.0. The summed E-state index contributed by atoms with van der Waals surface area (Å²) in [5.41, 5.74) is -0.851. The third-order valence-electron chi connectivity index (χ3n) is 2.54. The zero-order valence-electron chi connectivity index (χ0n) is 11.6. The summed E-state index contributed by atoms with van der Waals surface area (Å²) in [5, 5.41) is 0. The van der Waals surface area contributed by atoms with Crippen LogP contribution in [0, 0.1) is 10.8 Å². The average Bonchev–Trinajstić information content (AvgIpc) is 2.60. The molecule has 0 aliphatic carbocycles. The van der Waals surface area contributed by atoms with Crippen LogP contribution in [0.4, 0.5) is 0 Å². The van der Waals surface area contributed by atoms with Crippen LogP contribution in [-0.4, -0.2) is 28.3 Å². The van der Waals surface area contributed by atoms with Crippen molar-refractivity contribution in [1.29, 1.82) is 0 Å². The highest BCUT2D eigenvalue weighted by Gasteiger charge is 2.33. The number of carbonyl (C=O) groups excluding carboxylic acids is 2. The molecular formula is C13H22N2O2. The zero-order chi connectivity index (χ0) is 13.4. The van der Waals surface area contributed by atoms with E-state index in [0.717, 1.165) is 0 Å². The molecule has 0 unspecified atom stereocenters. The van der Waals surface area contributed by atoms with Crippen molar-refractivity contribution in [3.63, 3.8) is 0 Å². The molecule has 2 amide bonds. The quantitative estimate of drug-likeness (QED) is 0.649. The molecule has 1 aliphatic rings. The van der Waals surface area contributed by atoms with Crippen molar-refractivity contribution in [2.24, 2.45) is 10.8 Å². The summed E-state index contributed by atoms with van der Waals surface area (Å²) in [6.07, 6.45) is 3.36. The highest BCUT2D eigenvalue weighted by atomic mass is 16.2. The van der Waals surface area contributed by atoms with Crippen LogP contribution in [-0.2, 0) is 9.59 Å². The first-order chi connectivity index (χ1) is 7.53. The third-order valence-corrected chi connectivity index (χ3v) is 2.54. The lowest BCUT2D eigenvalue weighted by atomic mass is 9.95. The predicted molar refractivity (Wildman–Crippen MR) is 66.6 cm³/mol. The first-order valence-electron chi connectivity index (χ1n) is 5.84.